The monoisotopic (exact) mass is 483 g/mol. The van der Waals surface area contributed by atoms with Gasteiger partial charge in [-0.15, -0.1) is 24.0 Å². The lowest BCUT2D eigenvalue weighted by atomic mass is 10.1. The number of aliphatic imine (C=N–C) groups is 1. The summed E-state index contributed by atoms with van der Waals surface area (Å²) in [6.07, 6.45) is 0.867. The molecule has 0 aliphatic carbocycles. The number of fused-ring (bicyclic) bond motifs is 1. The number of nitrogens with one attached hydrogen (secondary N) is 2. The van der Waals surface area contributed by atoms with Gasteiger partial charge in [0.15, 0.2) is 17.5 Å². The molecule has 1 aliphatic heterocycles. The van der Waals surface area contributed by atoms with Crippen molar-refractivity contribution >= 4 is 29.9 Å². The molecule has 0 atom stereocenters. The van der Waals surface area contributed by atoms with Crippen LogP contribution in [0.1, 0.15) is 11.1 Å². The third-order valence-corrected chi connectivity index (χ3v) is 4.18. The highest BCUT2D eigenvalue weighted by Crippen LogP contribution is 2.30. The molecule has 0 aromatic heterocycles. The van der Waals surface area contributed by atoms with E-state index in [9.17, 15) is 0 Å². The predicted octanol–water partition coefficient (Wildman–Crippen LogP) is 2.99. The highest BCUT2D eigenvalue weighted by Gasteiger charge is 2.11. The fourth-order valence-electron chi connectivity index (χ4n) is 2.82. The van der Waals surface area contributed by atoms with Gasteiger partial charge in [0.1, 0.15) is 19.0 Å². The van der Waals surface area contributed by atoms with Gasteiger partial charge in [0, 0.05) is 25.7 Å². The molecule has 2 aromatic carbocycles. The smallest absolute Gasteiger partial charge is 0.191 e. The van der Waals surface area contributed by atoms with Gasteiger partial charge >= 0.3 is 0 Å². The van der Waals surface area contributed by atoms with Crippen molar-refractivity contribution < 1.29 is 14.2 Å². The number of guanidine groups is 1. The molecule has 0 spiro atoms. The first kappa shape index (κ1) is 21.1. The summed E-state index contributed by atoms with van der Waals surface area (Å²) >= 11 is 0. The van der Waals surface area contributed by atoms with Gasteiger partial charge in [-0.3, -0.25) is 4.99 Å². The minimum Gasteiger partial charge on any atom is -0.496 e. The molecule has 0 fully saturated rings. The van der Waals surface area contributed by atoms with Crippen LogP contribution in [0.4, 0.5) is 0 Å². The van der Waals surface area contributed by atoms with Gasteiger partial charge in [-0.05, 0) is 30.2 Å². The lowest BCUT2D eigenvalue weighted by Gasteiger charge is -2.19. The number of nitrogens with zero attached hydrogens (tertiary/aromatic N) is 1. The van der Waals surface area contributed by atoms with Crippen molar-refractivity contribution in [1.29, 1.82) is 0 Å². The molecular weight excluding hydrogens is 457 g/mol. The highest BCUT2D eigenvalue weighted by atomic mass is 127. The molecule has 6 nitrogen and oxygen atoms in total. The fourth-order valence-corrected chi connectivity index (χ4v) is 2.82. The summed E-state index contributed by atoms with van der Waals surface area (Å²) in [5, 5.41) is 6.64. The second-order valence-corrected chi connectivity index (χ2v) is 5.89. The molecule has 0 unspecified atom stereocenters. The quantitative estimate of drug-likeness (QED) is 0.376. The first-order chi connectivity index (χ1) is 12.8. The molecule has 0 saturated carbocycles. The molecule has 2 N–H and O–H groups in total. The Bertz CT molecular complexity index is 768. The Morgan fingerprint density at radius 2 is 1.85 bits per heavy atom. The molecule has 146 valence electrons. The van der Waals surface area contributed by atoms with Crippen LogP contribution in [-0.2, 0) is 13.0 Å². The molecule has 0 radical (unpaired) electrons. The van der Waals surface area contributed by atoms with Gasteiger partial charge in [-0.1, -0.05) is 24.3 Å². The van der Waals surface area contributed by atoms with Gasteiger partial charge in [0.25, 0.3) is 0 Å². The van der Waals surface area contributed by atoms with E-state index in [1.807, 2.05) is 36.4 Å². The van der Waals surface area contributed by atoms with Crippen molar-refractivity contribution in [3.05, 3.63) is 53.6 Å². The molecule has 1 aliphatic rings. The lowest BCUT2D eigenvalue weighted by molar-refractivity contribution is 0.171. The van der Waals surface area contributed by atoms with Gasteiger partial charge in [0.05, 0.1) is 7.11 Å². The zero-order chi connectivity index (χ0) is 18.2. The SMILES string of the molecule is CN=C(NCCc1ccc2c(c1)OCCO2)NCc1ccccc1OC.I. The Hall–Kier alpha value is -2.16. The average molecular weight is 483 g/mol. The summed E-state index contributed by atoms with van der Waals surface area (Å²) in [6, 6.07) is 14.0. The van der Waals surface area contributed by atoms with Crippen molar-refractivity contribution in [2.45, 2.75) is 13.0 Å². The van der Waals surface area contributed by atoms with Crippen LogP contribution in [0.25, 0.3) is 0 Å². The first-order valence-electron chi connectivity index (χ1n) is 8.75. The number of ether oxygens (including phenoxy) is 3. The minimum absolute atomic E-state index is 0. The molecule has 0 amide bonds. The summed E-state index contributed by atoms with van der Waals surface area (Å²) < 4.78 is 16.6. The zero-order valence-electron chi connectivity index (χ0n) is 15.7. The van der Waals surface area contributed by atoms with E-state index in [-0.39, 0.29) is 24.0 Å². The van der Waals surface area contributed by atoms with Crippen LogP contribution in [0.15, 0.2) is 47.5 Å². The molecule has 2 aromatic rings. The fraction of sp³-hybridized carbons (Fsp3) is 0.350. The van der Waals surface area contributed by atoms with Crippen LogP contribution in [0.2, 0.25) is 0 Å². The van der Waals surface area contributed by atoms with Gasteiger partial charge in [0.2, 0.25) is 0 Å². The lowest BCUT2D eigenvalue weighted by Crippen LogP contribution is -2.37. The summed E-state index contributed by atoms with van der Waals surface area (Å²) in [5.74, 6) is 3.27. The Balaban J connectivity index is 0.00000261. The number of benzene rings is 2. The number of rotatable bonds is 6. The van der Waals surface area contributed by atoms with E-state index >= 15 is 0 Å². The Morgan fingerprint density at radius 1 is 1.07 bits per heavy atom. The van der Waals surface area contributed by atoms with Crippen LogP contribution >= 0.6 is 24.0 Å². The first-order valence-corrected chi connectivity index (χ1v) is 8.75. The van der Waals surface area contributed by atoms with E-state index in [0.29, 0.717) is 19.8 Å². The Morgan fingerprint density at radius 3 is 2.63 bits per heavy atom. The summed E-state index contributed by atoms with van der Waals surface area (Å²) in [5.41, 5.74) is 2.28. The largest absolute Gasteiger partial charge is 0.496 e. The molecular formula is C20H26IN3O3. The van der Waals surface area contributed by atoms with Crippen molar-refractivity contribution in [2.75, 3.05) is 33.9 Å². The van der Waals surface area contributed by atoms with Crippen molar-refractivity contribution in [3.63, 3.8) is 0 Å². The summed E-state index contributed by atoms with van der Waals surface area (Å²) in [4.78, 5) is 4.27. The average Bonchev–Trinajstić information content (AvgIpc) is 2.70. The van der Waals surface area contributed by atoms with E-state index in [1.165, 1.54) is 5.56 Å². The molecule has 7 heteroatoms. The number of para-hydroxylation sites is 1. The third-order valence-electron chi connectivity index (χ3n) is 4.18. The maximum Gasteiger partial charge on any atom is 0.191 e. The van der Waals surface area contributed by atoms with E-state index in [2.05, 4.69) is 21.7 Å². The zero-order valence-corrected chi connectivity index (χ0v) is 18.0. The Kier molecular flexibility index (Phi) is 8.50. The summed E-state index contributed by atoms with van der Waals surface area (Å²) in [7, 11) is 3.45. The molecule has 0 saturated heterocycles. The van der Waals surface area contributed by atoms with Crippen LogP contribution in [0.5, 0.6) is 17.2 Å². The minimum atomic E-state index is 0. The van der Waals surface area contributed by atoms with Crippen LogP contribution in [0.3, 0.4) is 0 Å². The van der Waals surface area contributed by atoms with Crippen molar-refractivity contribution in [1.82, 2.24) is 10.6 Å². The number of hydrogen-bond donors (Lipinski definition) is 2. The van der Waals surface area contributed by atoms with Crippen LogP contribution < -0.4 is 24.8 Å². The van der Waals surface area contributed by atoms with Crippen molar-refractivity contribution in [3.8, 4) is 17.2 Å². The van der Waals surface area contributed by atoms with Gasteiger partial charge in [-0.2, -0.15) is 0 Å². The van der Waals surface area contributed by atoms with E-state index < -0.39 is 0 Å². The van der Waals surface area contributed by atoms with E-state index in [1.54, 1.807) is 14.2 Å². The summed E-state index contributed by atoms with van der Waals surface area (Å²) in [6.45, 7) is 2.63. The molecule has 3 rings (SSSR count). The van der Waals surface area contributed by atoms with Crippen LogP contribution in [0, 0.1) is 0 Å². The normalized spacial score (nSPS) is 12.7. The van der Waals surface area contributed by atoms with Crippen LogP contribution in [-0.4, -0.2) is 39.9 Å². The second-order valence-electron chi connectivity index (χ2n) is 5.89. The predicted molar refractivity (Wildman–Crippen MR) is 118 cm³/mol. The standard InChI is InChI=1S/C20H25N3O3.HI/c1-21-20(23-14-16-5-3-4-6-17(16)24-2)22-10-9-15-7-8-18-19(13-15)26-12-11-25-18;/h3-8,13H,9-12,14H2,1-2H3,(H2,21,22,23);1H. The second kappa shape index (κ2) is 10.9. The highest BCUT2D eigenvalue weighted by molar-refractivity contribution is 14.0. The van der Waals surface area contributed by atoms with Gasteiger partial charge in [-0.25, -0.2) is 0 Å². The van der Waals surface area contributed by atoms with Gasteiger partial charge < -0.3 is 24.8 Å². The topological polar surface area (TPSA) is 64.1 Å². The number of methoxy groups -OCH3 is 1. The third kappa shape index (κ3) is 5.92. The van der Waals surface area contributed by atoms with E-state index in [0.717, 1.165) is 41.7 Å². The molecule has 0 bridgehead atoms. The van der Waals surface area contributed by atoms with E-state index in [4.69, 9.17) is 14.2 Å². The molecule has 27 heavy (non-hydrogen) atoms. The maximum absolute atomic E-state index is 5.63. The Labute approximate surface area is 177 Å². The number of hydrogen-bond acceptors (Lipinski definition) is 4. The van der Waals surface area contributed by atoms with Crippen molar-refractivity contribution in [2.24, 2.45) is 4.99 Å². The molecule has 1 heterocycles. The maximum atomic E-state index is 5.63. The number of halogens is 1.